The van der Waals surface area contributed by atoms with Crippen LogP contribution in [-0.4, -0.2) is 28.0 Å². The van der Waals surface area contributed by atoms with Crippen molar-refractivity contribution < 1.29 is 14.9 Å². The van der Waals surface area contributed by atoms with Crippen molar-refractivity contribution in [2.24, 2.45) is 23.2 Å². The lowest BCUT2D eigenvalue weighted by Gasteiger charge is -2.42. The van der Waals surface area contributed by atoms with Gasteiger partial charge in [0.05, 0.1) is 12.2 Å². The van der Waals surface area contributed by atoms with Crippen molar-refractivity contribution in [2.75, 3.05) is 0 Å². The third kappa shape index (κ3) is 5.87. The highest BCUT2D eigenvalue weighted by molar-refractivity contribution is 5.26. The summed E-state index contributed by atoms with van der Waals surface area (Å²) in [5, 5.41) is 20.0. The van der Waals surface area contributed by atoms with Gasteiger partial charge in [-0.25, -0.2) is 0 Å². The topological polar surface area (TPSA) is 49.7 Å². The molecular weight excluding hydrogens is 396 g/mol. The average molecular weight is 441 g/mol. The fraction of sp³-hybridized carbons (Fsp3) is 0.690. The molecule has 3 saturated carbocycles. The molecule has 0 aliphatic heterocycles. The molecule has 0 saturated heterocycles. The van der Waals surface area contributed by atoms with Crippen molar-refractivity contribution in [3.63, 3.8) is 0 Å². The number of ether oxygens (including phenoxy) is 1. The molecule has 0 bridgehead atoms. The van der Waals surface area contributed by atoms with Crippen molar-refractivity contribution in [1.29, 1.82) is 0 Å². The number of aliphatic hydroxyl groups excluding tert-OH is 2. The van der Waals surface area contributed by atoms with Gasteiger partial charge in [0.15, 0.2) is 0 Å². The predicted octanol–water partition coefficient (Wildman–Crippen LogP) is 6.64. The van der Waals surface area contributed by atoms with Gasteiger partial charge in [-0.05, 0) is 88.9 Å². The molecule has 0 aromatic rings. The van der Waals surface area contributed by atoms with Crippen LogP contribution < -0.4 is 0 Å². The van der Waals surface area contributed by atoms with Gasteiger partial charge in [-0.3, -0.25) is 0 Å². The van der Waals surface area contributed by atoms with Gasteiger partial charge in [-0.15, -0.1) is 0 Å². The fourth-order valence-corrected chi connectivity index (χ4v) is 6.24. The molecule has 0 radical (unpaired) electrons. The van der Waals surface area contributed by atoms with Crippen LogP contribution in [0.1, 0.15) is 85.5 Å². The van der Waals surface area contributed by atoms with Gasteiger partial charge in [0.1, 0.15) is 11.9 Å². The fourth-order valence-electron chi connectivity index (χ4n) is 6.24. The number of allylic oxidation sites excluding steroid dienone is 4. The van der Waals surface area contributed by atoms with E-state index in [-0.39, 0.29) is 5.60 Å². The lowest BCUT2D eigenvalue weighted by molar-refractivity contribution is 0.0252. The highest BCUT2D eigenvalue weighted by Crippen LogP contribution is 2.58. The summed E-state index contributed by atoms with van der Waals surface area (Å²) in [5.41, 5.74) is 5.59. The van der Waals surface area contributed by atoms with Gasteiger partial charge in [0.2, 0.25) is 0 Å². The number of fused-ring (bicyclic) bond motifs is 1. The maximum Gasteiger partial charge on any atom is 0.125 e. The van der Waals surface area contributed by atoms with Crippen LogP contribution in [-0.2, 0) is 4.74 Å². The molecule has 6 unspecified atom stereocenters. The van der Waals surface area contributed by atoms with E-state index in [0.29, 0.717) is 36.5 Å². The van der Waals surface area contributed by atoms with Gasteiger partial charge < -0.3 is 14.9 Å². The van der Waals surface area contributed by atoms with Crippen LogP contribution in [0.3, 0.4) is 0 Å². The van der Waals surface area contributed by atoms with Gasteiger partial charge >= 0.3 is 0 Å². The number of aliphatic hydroxyl groups is 2. The molecule has 178 valence electrons. The first kappa shape index (κ1) is 25.1. The molecule has 3 fully saturated rings. The summed E-state index contributed by atoms with van der Waals surface area (Å²) in [4.78, 5) is 0. The zero-order valence-electron chi connectivity index (χ0n) is 20.6. The Balaban J connectivity index is 1.64. The molecule has 3 nitrogen and oxygen atoms in total. The number of hydrogen-bond acceptors (Lipinski definition) is 3. The summed E-state index contributed by atoms with van der Waals surface area (Å²) in [6.45, 7) is 12.5. The molecule has 6 atom stereocenters. The Hall–Kier alpha value is -1.54. The van der Waals surface area contributed by atoms with Gasteiger partial charge in [0, 0.05) is 5.92 Å². The van der Waals surface area contributed by atoms with E-state index in [1.54, 1.807) is 11.8 Å². The minimum Gasteiger partial charge on any atom is -0.487 e. The third-order valence-corrected chi connectivity index (χ3v) is 8.62. The Kier molecular flexibility index (Phi) is 8.31. The summed E-state index contributed by atoms with van der Waals surface area (Å²) in [6, 6.07) is 0. The first-order chi connectivity index (χ1) is 15.2. The molecular formula is C29H44O3. The Morgan fingerprint density at radius 1 is 1.22 bits per heavy atom. The van der Waals surface area contributed by atoms with E-state index in [0.717, 1.165) is 12.3 Å². The molecule has 0 amide bonds. The first-order valence-corrected chi connectivity index (χ1v) is 12.6. The Morgan fingerprint density at radius 3 is 2.62 bits per heavy atom. The van der Waals surface area contributed by atoms with Crippen molar-refractivity contribution in [3.05, 3.63) is 54.0 Å². The van der Waals surface area contributed by atoms with Gasteiger partial charge in [-0.2, -0.15) is 0 Å². The van der Waals surface area contributed by atoms with Crippen molar-refractivity contribution in [3.8, 4) is 0 Å². The molecule has 0 aromatic heterocycles. The van der Waals surface area contributed by atoms with Crippen LogP contribution in [0, 0.1) is 23.2 Å². The van der Waals surface area contributed by atoms with E-state index in [4.69, 9.17) is 4.74 Å². The molecule has 32 heavy (non-hydrogen) atoms. The molecule has 3 rings (SSSR count). The Labute approximate surface area is 195 Å². The summed E-state index contributed by atoms with van der Waals surface area (Å²) in [5.74, 6) is 1.70. The van der Waals surface area contributed by atoms with Gasteiger partial charge in [0.25, 0.3) is 0 Å². The second-order valence-electron chi connectivity index (χ2n) is 11.2. The monoisotopic (exact) mass is 440 g/mol. The lowest BCUT2D eigenvalue weighted by Crippen LogP contribution is -2.33. The second-order valence-corrected chi connectivity index (χ2v) is 11.2. The van der Waals surface area contributed by atoms with Crippen LogP contribution >= 0.6 is 0 Å². The lowest BCUT2D eigenvalue weighted by atomic mass is 9.63. The van der Waals surface area contributed by atoms with E-state index in [1.165, 1.54) is 37.7 Å². The van der Waals surface area contributed by atoms with Gasteiger partial charge in [-0.1, -0.05) is 61.6 Å². The summed E-state index contributed by atoms with van der Waals surface area (Å²) < 4.78 is 5.78. The average Bonchev–Trinajstić information content (AvgIpc) is 3.06. The SMILES string of the molecule is C=C=COC(C)(C)C(C)C=CCC1CCC2C(=CC=C3CC(O)CC(O)C3)CCCC12C. The summed E-state index contributed by atoms with van der Waals surface area (Å²) in [6.07, 6.45) is 19.4. The van der Waals surface area contributed by atoms with E-state index in [2.05, 4.69) is 64.3 Å². The van der Waals surface area contributed by atoms with E-state index in [9.17, 15) is 10.2 Å². The Bertz CT molecular complexity index is 770. The Morgan fingerprint density at radius 2 is 1.94 bits per heavy atom. The van der Waals surface area contributed by atoms with Crippen molar-refractivity contribution in [2.45, 2.75) is 103 Å². The minimum absolute atomic E-state index is 0.266. The second kappa shape index (κ2) is 10.6. The van der Waals surface area contributed by atoms with E-state index >= 15 is 0 Å². The summed E-state index contributed by atoms with van der Waals surface area (Å²) >= 11 is 0. The van der Waals surface area contributed by atoms with Crippen LogP contribution in [0.5, 0.6) is 0 Å². The standard InChI is InChI=1S/C29H44O3/c1-6-17-32-28(3,4)21(2)9-7-11-24-14-15-27-23(10-8-16-29(24,27)5)13-12-22-18-25(30)20-26(31)19-22/h7,9,12-13,17,21,24-27,30-31H,1,8,10-11,14-16,18-20H2,2-5H3. The molecule has 0 heterocycles. The summed E-state index contributed by atoms with van der Waals surface area (Å²) in [7, 11) is 0. The third-order valence-electron chi connectivity index (χ3n) is 8.62. The molecule has 3 aliphatic rings. The zero-order chi connectivity index (χ0) is 23.4. The van der Waals surface area contributed by atoms with E-state index in [1.807, 2.05) is 0 Å². The molecule has 2 N–H and O–H groups in total. The molecule has 0 aromatic carbocycles. The van der Waals surface area contributed by atoms with Crippen LogP contribution in [0.15, 0.2) is 54.0 Å². The predicted molar refractivity (Wildman–Crippen MR) is 132 cm³/mol. The number of rotatable bonds is 7. The highest BCUT2D eigenvalue weighted by atomic mass is 16.5. The normalized spacial score (nSPS) is 35.4. The minimum atomic E-state index is -0.395. The highest BCUT2D eigenvalue weighted by Gasteiger charge is 2.48. The van der Waals surface area contributed by atoms with Crippen molar-refractivity contribution in [1.82, 2.24) is 0 Å². The smallest absolute Gasteiger partial charge is 0.125 e. The molecule has 0 spiro atoms. The van der Waals surface area contributed by atoms with Crippen LogP contribution in [0.2, 0.25) is 0 Å². The van der Waals surface area contributed by atoms with Crippen LogP contribution in [0.4, 0.5) is 0 Å². The molecule has 3 heteroatoms. The zero-order valence-corrected chi connectivity index (χ0v) is 20.6. The first-order valence-electron chi connectivity index (χ1n) is 12.6. The van der Waals surface area contributed by atoms with Crippen LogP contribution in [0.25, 0.3) is 0 Å². The van der Waals surface area contributed by atoms with E-state index < -0.39 is 12.2 Å². The molecule has 3 aliphatic carbocycles. The largest absolute Gasteiger partial charge is 0.487 e. The maximum absolute atomic E-state index is 9.98. The maximum atomic E-state index is 9.98. The quantitative estimate of drug-likeness (QED) is 0.265. The van der Waals surface area contributed by atoms with Crippen molar-refractivity contribution >= 4 is 0 Å². The number of hydrogen-bond donors (Lipinski definition) is 2.